The summed E-state index contributed by atoms with van der Waals surface area (Å²) >= 11 is 0. The van der Waals surface area contributed by atoms with Gasteiger partial charge in [0, 0.05) is 51.9 Å². The minimum atomic E-state index is -3.69. The molecular weight excluding hydrogens is 729 g/mol. The number of hydrogen-bond acceptors (Lipinski definition) is 9. The number of likely N-dealkylation sites (N-methyl/N-ethyl adjacent to an activating group) is 1. The number of alkyl carbamates (subject to hydrolysis) is 1. The second-order valence-electron chi connectivity index (χ2n) is 12.5. The Hall–Kier alpha value is -6.03. The van der Waals surface area contributed by atoms with E-state index in [4.69, 9.17) is 0 Å². The topological polar surface area (TPSA) is 206 Å². The van der Waals surface area contributed by atoms with E-state index < -0.39 is 22.2 Å². The normalized spacial score (nSPS) is 11.1. The fourth-order valence-corrected chi connectivity index (χ4v) is 6.10. The van der Waals surface area contributed by atoms with E-state index in [-0.39, 0.29) is 38.6 Å². The van der Waals surface area contributed by atoms with Crippen LogP contribution in [0.5, 0.6) is 0 Å². The molecule has 0 atom stereocenters. The minimum Gasteiger partial charge on any atom is -0.453 e. The van der Waals surface area contributed by atoms with Crippen molar-refractivity contribution in [3.05, 3.63) is 83.7 Å². The van der Waals surface area contributed by atoms with E-state index >= 15 is 0 Å². The van der Waals surface area contributed by atoms with Crippen molar-refractivity contribution in [1.29, 1.82) is 0 Å². The quantitative estimate of drug-likeness (QED) is 0.0858. The predicted octanol–water partition coefficient (Wildman–Crippen LogP) is 1.77. The maximum Gasteiger partial charge on any atom is 0.407 e. The van der Waals surface area contributed by atoms with E-state index in [1.807, 2.05) is 55.5 Å². The van der Waals surface area contributed by atoms with Crippen LogP contribution >= 0.6 is 0 Å². The van der Waals surface area contributed by atoms with Gasteiger partial charge in [0.1, 0.15) is 18.2 Å². The second kappa shape index (κ2) is 19.9. The Kier molecular flexibility index (Phi) is 15.1. The Morgan fingerprint density at radius 3 is 1.73 bits per heavy atom. The minimum absolute atomic E-state index is 0.0159. The number of carbonyl (C=O) groups excluding carboxylic acids is 4. The number of hydrogen-bond donors (Lipinski definition) is 4. The molecule has 18 heteroatoms. The average Bonchev–Trinajstić information content (AvgIpc) is 3.86. The Labute approximate surface area is 320 Å². The molecule has 2 aromatic heterocycles. The summed E-state index contributed by atoms with van der Waals surface area (Å²) in [4.78, 5) is 66.0. The number of rotatable bonds is 18. The lowest BCUT2D eigenvalue weighted by molar-refractivity contribution is -0.132. The summed E-state index contributed by atoms with van der Waals surface area (Å²) in [6.45, 7) is 2.54. The van der Waals surface area contributed by atoms with Gasteiger partial charge in [0.25, 0.3) is 10.2 Å². The first-order valence-corrected chi connectivity index (χ1v) is 18.7. The summed E-state index contributed by atoms with van der Waals surface area (Å²) in [6.07, 6.45) is 3.89. The van der Waals surface area contributed by atoms with Gasteiger partial charge in [-0.2, -0.15) is 17.0 Å². The lowest BCUT2D eigenvalue weighted by Crippen LogP contribution is -2.45. The highest BCUT2D eigenvalue weighted by Gasteiger charge is 2.23. The summed E-state index contributed by atoms with van der Waals surface area (Å²) in [7, 11) is 1.77. The number of nitrogens with one attached hydrogen (secondary N) is 4. The molecule has 0 aliphatic rings. The molecule has 4 N–H and O–H groups in total. The first kappa shape index (κ1) is 41.7. The zero-order chi connectivity index (χ0) is 40.0. The molecule has 2 aromatic carbocycles. The summed E-state index contributed by atoms with van der Waals surface area (Å²) in [5.74, 6) is 6.84. The first-order chi connectivity index (χ1) is 26.3. The number of ether oxygens (including phenoxy) is 1. The summed E-state index contributed by atoms with van der Waals surface area (Å²) < 4.78 is 31.7. The SMILES string of the molecule is CCCN(Cc1ncc(-c2ccc(C#Cc3ccc(-c4cnc(CN(CCN(C)S(=O)(=O)N(C)C)C(=O)CNC(=O)OC)[nH]4)cc3)cc2)[nH]1)C(=O)CNC=O. The molecule has 0 aliphatic carbocycles. The fourth-order valence-electron chi connectivity index (χ4n) is 5.23. The average molecular weight is 775 g/mol. The van der Waals surface area contributed by atoms with Crippen LogP contribution in [0.15, 0.2) is 60.9 Å². The molecule has 292 valence electrons. The number of aromatic amines is 2. The number of amides is 4. The molecule has 4 aromatic rings. The molecule has 0 bridgehead atoms. The van der Waals surface area contributed by atoms with Crippen molar-refractivity contribution in [2.24, 2.45) is 0 Å². The molecule has 17 nitrogen and oxygen atoms in total. The van der Waals surface area contributed by atoms with Crippen LogP contribution in [-0.2, 0) is 42.4 Å². The van der Waals surface area contributed by atoms with Gasteiger partial charge >= 0.3 is 6.09 Å². The van der Waals surface area contributed by atoms with E-state index in [0.29, 0.717) is 36.8 Å². The van der Waals surface area contributed by atoms with Gasteiger partial charge in [-0.05, 0) is 41.8 Å². The largest absolute Gasteiger partial charge is 0.453 e. The summed E-state index contributed by atoms with van der Waals surface area (Å²) in [5.41, 5.74) is 4.89. The highest BCUT2D eigenvalue weighted by Crippen LogP contribution is 2.20. The van der Waals surface area contributed by atoms with Gasteiger partial charge in [0.05, 0.1) is 50.5 Å². The molecule has 2 heterocycles. The molecule has 0 spiro atoms. The Balaban J connectivity index is 1.38. The maximum atomic E-state index is 13.0. The molecular formula is C37H46N10O7S. The molecule has 55 heavy (non-hydrogen) atoms. The van der Waals surface area contributed by atoms with Crippen molar-refractivity contribution in [3.63, 3.8) is 0 Å². The van der Waals surface area contributed by atoms with Crippen LogP contribution in [0.2, 0.25) is 0 Å². The second-order valence-corrected chi connectivity index (χ2v) is 14.7. The molecule has 0 saturated heterocycles. The van der Waals surface area contributed by atoms with Crippen LogP contribution in [-0.4, -0.2) is 132 Å². The van der Waals surface area contributed by atoms with Crippen molar-refractivity contribution in [2.45, 2.75) is 26.4 Å². The summed E-state index contributed by atoms with van der Waals surface area (Å²) in [6, 6.07) is 15.3. The fraction of sp³-hybridized carbons (Fsp3) is 0.351. The smallest absolute Gasteiger partial charge is 0.407 e. The lowest BCUT2D eigenvalue weighted by atomic mass is 10.1. The van der Waals surface area contributed by atoms with Gasteiger partial charge in [-0.3, -0.25) is 14.4 Å². The van der Waals surface area contributed by atoms with Crippen LogP contribution in [0.1, 0.15) is 36.1 Å². The number of nitrogens with zero attached hydrogens (tertiary/aromatic N) is 6. The monoisotopic (exact) mass is 774 g/mol. The van der Waals surface area contributed by atoms with Gasteiger partial charge < -0.3 is 35.1 Å². The number of imidazole rings is 2. The predicted molar refractivity (Wildman–Crippen MR) is 205 cm³/mol. The number of H-pyrrole nitrogens is 2. The van der Waals surface area contributed by atoms with Crippen LogP contribution in [0.4, 0.5) is 4.79 Å². The highest BCUT2D eigenvalue weighted by atomic mass is 32.2. The van der Waals surface area contributed by atoms with E-state index in [2.05, 4.69) is 47.1 Å². The van der Waals surface area contributed by atoms with Gasteiger partial charge in [-0.25, -0.2) is 14.8 Å². The van der Waals surface area contributed by atoms with Gasteiger partial charge in [0.15, 0.2) is 0 Å². The number of methoxy groups -OCH3 is 1. The third-order valence-corrected chi connectivity index (χ3v) is 10.2. The molecule has 4 rings (SSSR count). The van der Waals surface area contributed by atoms with E-state index in [9.17, 15) is 27.6 Å². The number of carbonyl (C=O) groups is 4. The van der Waals surface area contributed by atoms with Gasteiger partial charge in [-0.15, -0.1) is 0 Å². The van der Waals surface area contributed by atoms with Crippen molar-refractivity contribution < 1.29 is 32.3 Å². The van der Waals surface area contributed by atoms with Gasteiger partial charge in [-0.1, -0.05) is 43.0 Å². The van der Waals surface area contributed by atoms with Crippen molar-refractivity contribution in [2.75, 3.05) is 61.0 Å². The van der Waals surface area contributed by atoms with Crippen LogP contribution in [0.25, 0.3) is 22.5 Å². The maximum absolute atomic E-state index is 13.0. The van der Waals surface area contributed by atoms with E-state index in [0.717, 1.165) is 43.0 Å². The van der Waals surface area contributed by atoms with Crippen molar-refractivity contribution >= 4 is 34.5 Å². The van der Waals surface area contributed by atoms with E-state index in [1.165, 1.54) is 33.2 Å². The molecule has 0 unspecified atom stereocenters. The third-order valence-electron chi connectivity index (χ3n) is 8.33. The van der Waals surface area contributed by atoms with Crippen molar-refractivity contribution in [1.82, 2.24) is 49.0 Å². The molecule has 4 amide bonds. The number of aromatic nitrogens is 4. The first-order valence-electron chi connectivity index (χ1n) is 17.3. The molecule has 0 aliphatic heterocycles. The molecule has 0 radical (unpaired) electrons. The summed E-state index contributed by atoms with van der Waals surface area (Å²) in [5, 5.41) is 4.77. The standard InChI is InChI=1S/C37H46N10O7S/c1-6-17-46(35(49)22-38-26-48)24-33-39-20-31(42-33)29-13-9-27(10-14-29)7-8-28-11-15-30(16-12-28)32-21-40-34(43-32)25-47(36(50)23-41-37(51)54-5)19-18-45(4)55(52,53)44(2)3/h9-16,20-21,26H,6,17-19,22-25H2,1-5H3,(H,38,48)(H,39,42)(H,40,43)(H,41,51). The zero-order valence-corrected chi connectivity index (χ0v) is 32.3. The van der Waals surface area contributed by atoms with Gasteiger partial charge in [0.2, 0.25) is 18.2 Å². The zero-order valence-electron chi connectivity index (χ0n) is 31.5. The third kappa shape index (κ3) is 12.0. The lowest BCUT2D eigenvalue weighted by Gasteiger charge is -2.26. The Morgan fingerprint density at radius 1 is 0.782 bits per heavy atom. The van der Waals surface area contributed by atoms with Crippen LogP contribution in [0, 0.1) is 11.8 Å². The Morgan fingerprint density at radius 2 is 1.27 bits per heavy atom. The van der Waals surface area contributed by atoms with Crippen LogP contribution < -0.4 is 10.6 Å². The van der Waals surface area contributed by atoms with E-state index in [1.54, 1.807) is 17.3 Å². The van der Waals surface area contributed by atoms with Crippen molar-refractivity contribution in [3.8, 4) is 34.4 Å². The number of benzene rings is 2. The highest BCUT2D eigenvalue weighted by molar-refractivity contribution is 7.86. The molecule has 0 fully saturated rings. The molecule has 0 saturated carbocycles. The Bertz CT molecular complexity index is 2090. The van der Waals surface area contributed by atoms with Crippen LogP contribution in [0.3, 0.4) is 0 Å².